The van der Waals surface area contributed by atoms with Gasteiger partial charge >= 0.3 is 0 Å². The minimum absolute atomic E-state index is 0.333. The van der Waals surface area contributed by atoms with Crippen LogP contribution in [0.4, 0.5) is 0 Å². The Morgan fingerprint density at radius 2 is 1.58 bits per heavy atom. The Morgan fingerprint density at radius 3 is 1.83 bits per heavy atom. The fourth-order valence-corrected chi connectivity index (χ4v) is 0.714. The monoisotopic (exact) mass is 165 g/mol. The second-order valence-corrected chi connectivity index (χ2v) is 3.08. The van der Waals surface area contributed by atoms with E-state index < -0.39 is 0 Å². The molecule has 0 saturated carbocycles. The molecule has 0 saturated heterocycles. The highest BCUT2D eigenvalue weighted by molar-refractivity contribution is 5.13. The molecule has 0 aromatic heterocycles. The van der Waals surface area contributed by atoms with Crippen LogP contribution in [0, 0.1) is 0 Å². The number of nitrogens with two attached hydrogens (primary N) is 1. The minimum Gasteiger partial charge on any atom is -0.328 e. The summed E-state index contributed by atoms with van der Waals surface area (Å²) in [4.78, 5) is 0. The van der Waals surface area contributed by atoms with Crippen LogP contribution in [0.5, 0.6) is 0 Å². The summed E-state index contributed by atoms with van der Waals surface area (Å²) in [5.74, 6) is 0. The van der Waals surface area contributed by atoms with E-state index in [2.05, 4.69) is 31.2 Å². The third-order valence-electron chi connectivity index (χ3n) is 1.25. The minimum atomic E-state index is 0.333. The summed E-state index contributed by atoms with van der Waals surface area (Å²) in [5, 5.41) is 0. The molecule has 0 fully saturated rings. The largest absolute Gasteiger partial charge is 0.328 e. The van der Waals surface area contributed by atoms with Gasteiger partial charge in [-0.15, -0.1) is 0 Å². The molecule has 0 unspecified atom stereocenters. The first-order chi connectivity index (χ1) is 5.66. The van der Waals surface area contributed by atoms with Crippen molar-refractivity contribution in [2.24, 2.45) is 5.73 Å². The smallest absolute Gasteiger partial charge is 0.00179 e. The maximum absolute atomic E-state index is 5.11. The van der Waals surface area contributed by atoms with Gasteiger partial charge in [0.1, 0.15) is 0 Å². The Bertz CT molecular complexity index is 177. The Kier molecular flexibility index (Phi) is 6.39. The molecule has 1 rings (SSSR count). The Morgan fingerprint density at radius 1 is 1.17 bits per heavy atom. The molecule has 0 atom stereocenters. The molecule has 1 aromatic rings. The van der Waals surface area contributed by atoms with Crippen LogP contribution in [0.3, 0.4) is 0 Å². The van der Waals surface area contributed by atoms with Gasteiger partial charge in [-0.3, -0.25) is 0 Å². The second kappa shape index (κ2) is 6.86. The number of rotatable bonds is 1. The zero-order valence-electron chi connectivity index (χ0n) is 8.25. The van der Waals surface area contributed by atoms with Gasteiger partial charge in [-0.2, -0.15) is 0 Å². The lowest BCUT2D eigenvalue weighted by atomic mass is 10.2. The molecule has 0 amide bonds. The summed E-state index contributed by atoms with van der Waals surface area (Å²) in [6.07, 6.45) is 1.14. The normalized spacial score (nSPS) is 9.08. The summed E-state index contributed by atoms with van der Waals surface area (Å²) >= 11 is 0. The molecular weight excluding hydrogens is 146 g/mol. The van der Waals surface area contributed by atoms with Crippen LogP contribution in [0.1, 0.15) is 26.3 Å². The van der Waals surface area contributed by atoms with Crippen LogP contribution < -0.4 is 5.73 Å². The predicted octanol–water partition coefficient (Wildman–Crippen LogP) is 2.60. The SMILES string of the molecule is CC(C)N.CCc1ccccc1. The molecule has 1 aromatic carbocycles. The van der Waals surface area contributed by atoms with Gasteiger partial charge in [-0.1, -0.05) is 51.1 Å². The second-order valence-electron chi connectivity index (χ2n) is 3.08. The van der Waals surface area contributed by atoms with Crippen molar-refractivity contribution in [1.29, 1.82) is 0 Å². The quantitative estimate of drug-likeness (QED) is 0.680. The molecule has 0 aliphatic carbocycles. The Hall–Kier alpha value is -0.820. The molecule has 0 spiro atoms. The fraction of sp³-hybridized carbons (Fsp3) is 0.455. The van der Waals surface area contributed by atoms with Crippen molar-refractivity contribution in [2.75, 3.05) is 0 Å². The summed E-state index contributed by atoms with van der Waals surface area (Å²) < 4.78 is 0. The molecule has 68 valence electrons. The summed E-state index contributed by atoms with van der Waals surface area (Å²) in [7, 11) is 0. The average molecular weight is 165 g/mol. The zero-order valence-corrected chi connectivity index (χ0v) is 8.25. The predicted molar refractivity (Wildman–Crippen MR) is 55.1 cm³/mol. The molecule has 0 radical (unpaired) electrons. The van der Waals surface area contributed by atoms with Gasteiger partial charge in [-0.05, 0) is 18.0 Å². The first kappa shape index (κ1) is 11.2. The lowest BCUT2D eigenvalue weighted by Gasteiger charge is -1.89. The molecule has 1 nitrogen and oxygen atoms in total. The van der Waals surface area contributed by atoms with E-state index in [1.165, 1.54) is 5.56 Å². The number of benzene rings is 1. The lowest BCUT2D eigenvalue weighted by Crippen LogP contribution is -2.06. The van der Waals surface area contributed by atoms with Crippen LogP contribution in [-0.2, 0) is 6.42 Å². The number of hydrogen-bond donors (Lipinski definition) is 1. The van der Waals surface area contributed by atoms with Crippen LogP contribution in [0.2, 0.25) is 0 Å². The van der Waals surface area contributed by atoms with E-state index in [0.717, 1.165) is 6.42 Å². The molecule has 1 heteroatoms. The Labute approximate surface area is 75.6 Å². The average Bonchev–Trinajstić information content (AvgIpc) is 2.05. The highest BCUT2D eigenvalue weighted by Gasteiger charge is 1.79. The maximum atomic E-state index is 5.11. The van der Waals surface area contributed by atoms with Gasteiger partial charge in [0.15, 0.2) is 0 Å². The summed E-state index contributed by atoms with van der Waals surface area (Å²) in [6, 6.07) is 10.8. The van der Waals surface area contributed by atoms with Gasteiger partial charge < -0.3 is 5.73 Å². The molecule has 0 bridgehead atoms. The third-order valence-corrected chi connectivity index (χ3v) is 1.25. The zero-order chi connectivity index (χ0) is 9.40. The van der Waals surface area contributed by atoms with Crippen LogP contribution in [-0.4, -0.2) is 6.04 Å². The van der Waals surface area contributed by atoms with E-state index in [1.807, 2.05) is 19.9 Å². The van der Waals surface area contributed by atoms with E-state index in [4.69, 9.17) is 5.73 Å². The molecule has 0 aliphatic heterocycles. The maximum Gasteiger partial charge on any atom is -0.00179 e. The number of hydrogen-bond acceptors (Lipinski definition) is 1. The lowest BCUT2D eigenvalue weighted by molar-refractivity contribution is 0.834. The van der Waals surface area contributed by atoms with E-state index in [-0.39, 0.29) is 0 Å². The van der Waals surface area contributed by atoms with Gasteiger partial charge in [0.2, 0.25) is 0 Å². The highest BCUT2D eigenvalue weighted by Crippen LogP contribution is 1.96. The summed E-state index contributed by atoms with van der Waals surface area (Å²) in [6.45, 7) is 6.05. The molecule has 12 heavy (non-hydrogen) atoms. The van der Waals surface area contributed by atoms with Gasteiger partial charge in [0.05, 0.1) is 0 Å². The van der Waals surface area contributed by atoms with E-state index in [1.54, 1.807) is 0 Å². The van der Waals surface area contributed by atoms with Gasteiger partial charge in [0, 0.05) is 0 Å². The highest BCUT2D eigenvalue weighted by atomic mass is 14.6. The van der Waals surface area contributed by atoms with Crippen molar-refractivity contribution in [3.05, 3.63) is 35.9 Å². The number of aryl methyl sites for hydroxylation is 1. The van der Waals surface area contributed by atoms with Gasteiger partial charge in [-0.25, -0.2) is 0 Å². The summed E-state index contributed by atoms with van der Waals surface area (Å²) in [5.41, 5.74) is 6.52. The van der Waals surface area contributed by atoms with Gasteiger partial charge in [0.25, 0.3) is 0 Å². The molecular formula is C11H19N. The van der Waals surface area contributed by atoms with Crippen LogP contribution in [0.25, 0.3) is 0 Å². The topological polar surface area (TPSA) is 26.0 Å². The van der Waals surface area contributed by atoms with E-state index in [9.17, 15) is 0 Å². The fourth-order valence-electron chi connectivity index (χ4n) is 0.714. The molecule has 0 heterocycles. The van der Waals surface area contributed by atoms with Crippen molar-refractivity contribution in [3.8, 4) is 0 Å². The van der Waals surface area contributed by atoms with Crippen molar-refractivity contribution >= 4 is 0 Å². The molecule has 2 N–H and O–H groups in total. The van der Waals surface area contributed by atoms with E-state index >= 15 is 0 Å². The third kappa shape index (κ3) is 7.29. The van der Waals surface area contributed by atoms with Crippen molar-refractivity contribution < 1.29 is 0 Å². The van der Waals surface area contributed by atoms with Crippen molar-refractivity contribution in [3.63, 3.8) is 0 Å². The van der Waals surface area contributed by atoms with E-state index in [0.29, 0.717) is 6.04 Å². The van der Waals surface area contributed by atoms with Crippen LogP contribution in [0.15, 0.2) is 30.3 Å². The molecule has 0 aliphatic rings. The van der Waals surface area contributed by atoms with Crippen molar-refractivity contribution in [1.82, 2.24) is 0 Å². The Balaban J connectivity index is 0.000000261. The van der Waals surface area contributed by atoms with Crippen molar-refractivity contribution in [2.45, 2.75) is 33.2 Å². The first-order valence-corrected chi connectivity index (χ1v) is 4.46. The van der Waals surface area contributed by atoms with Crippen LogP contribution >= 0.6 is 0 Å². The first-order valence-electron chi connectivity index (χ1n) is 4.46. The standard InChI is InChI=1S/C8H10.C3H9N/c1-2-8-6-4-3-5-7-8;1-3(2)4/h3-7H,2H2,1H3;3H,4H2,1-2H3.